The predicted octanol–water partition coefficient (Wildman–Crippen LogP) is -4.36. The number of allylic oxidation sites excluding steroid dienone is 2. The molecule has 8 aliphatic heterocycles. The molecule has 0 amide bonds. The van der Waals surface area contributed by atoms with Crippen molar-refractivity contribution in [2.45, 2.75) is 200 Å². The molecule has 8 aliphatic rings. The zero-order valence-corrected chi connectivity index (χ0v) is 63.9. The second-order valence-electron chi connectivity index (χ2n) is 28.5. The molecule has 0 spiro atoms. The standard InChI is InChI=1S/C76H106O40/c1-9-35-39(43(65(95)99-7)29-105-69(35)113-73-60(90)56(86)52(82)47(25-77)109-73)18-22-103-67(97)45-31-107-71(115-75-62(92)58(88)54(84)49(27-79)111-75)37(11-3)41(45)16-20-101-51(81)24-33(5)14-13-15-34(6)64(94)102-21-17-42-38(12-4)72(116-76-63(93)59(89)55(85)50(28-80)112-76)108-32-46(42)68(98)104-23-19-40-36(10-2)70(106-30-44(40)66(96)100-8)114-74-61(91)57(87)53(83)48(26-78)110-74/h9-12,15,24,29-32,35-42,47-50,52-63,69-80,82-93H,1-4,13-14,16-23,25-28H2,5-8H3/b33-24+,34-15+/t35?,36?,37?,38?,39?,40?,41?,42?,47-,48-,49-,50-,52-,53-,54-,55-,56+,57+,58+,59+,60-,61-,62-,63-,69?,70?,71?,72?,73+,74+,75+,76+/m1/s1. The van der Waals surface area contributed by atoms with Gasteiger partial charge in [0.05, 0.1) is 114 Å². The summed E-state index contributed by atoms with van der Waals surface area (Å²) in [6, 6.07) is 0. The van der Waals surface area contributed by atoms with E-state index in [4.69, 9.17) is 85.3 Å². The number of carbonyl (C=O) groups excluding carboxylic acids is 6. The Morgan fingerprint density at radius 1 is 0.371 bits per heavy atom. The van der Waals surface area contributed by atoms with E-state index in [1.54, 1.807) is 6.92 Å². The first-order valence-electron chi connectivity index (χ1n) is 37.4. The Morgan fingerprint density at radius 2 is 0.638 bits per heavy atom. The lowest BCUT2D eigenvalue weighted by Gasteiger charge is -2.43. The number of hydrogen-bond donors (Lipinski definition) is 16. The maximum atomic E-state index is 14.3. The summed E-state index contributed by atoms with van der Waals surface area (Å²) in [5.74, 6) is -13.4. The molecular weight excluding hydrogens is 1550 g/mol. The van der Waals surface area contributed by atoms with Crippen molar-refractivity contribution in [1.29, 1.82) is 0 Å². The molecule has 0 radical (unpaired) electrons. The molecule has 0 aromatic carbocycles. The highest BCUT2D eigenvalue weighted by molar-refractivity contribution is 5.91. The first-order valence-corrected chi connectivity index (χ1v) is 37.4. The first-order chi connectivity index (χ1) is 55.4. The molecule has 0 aliphatic carbocycles. The van der Waals surface area contributed by atoms with Gasteiger partial charge in [-0.1, -0.05) is 36.0 Å². The molecule has 16 N–H and O–H groups in total. The normalized spacial score (nSPS) is 38.0. The van der Waals surface area contributed by atoms with Crippen LogP contribution in [0.4, 0.5) is 0 Å². The fraction of sp³-hybridized carbons (Fsp3) is 0.658. The molecule has 4 fully saturated rings. The summed E-state index contributed by atoms with van der Waals surface area (Å²) in [6.45, 7) is 13.8. The SMILES string of the molecule is C=CC1C(O[C@@H]2O[C@H](CO)[C@@H](O)[C@H](O)[C@H]2O)OC=C(C(=O)OC)C1CCOC(=O)C1=COC(O[C@@H]2O[C@H](CO)[C@@H](O)[C@H](O)[C@H]2O)C(C=C)C1CCOC(=O)/C=C(\C)CC/C=C(\C)C(=O)OCCC1C(C(=O)OCCC2C(C(=O)OC)=COC(O[C@@H]3O[C@H](CO)[C@@H](O)[C@H](O)[C@H]3O)C2C=C)=COC(O[C@@H]2O[C@H](CO)[C@@H](O)[C@H](O)[C@H]2O)C1C=C. The third kappa shape index (κ3) is 22.3. The summed E-state index contributed by atoms with van der Waals surface area (Å²) < 4.78 is 102. The van der Waals surface area contributed by atoms with E-state index in [0.717, 1.165) is 39.3 Å². The lowest BCUT2D eigenvalue weighted by atomic mass is 9.81. The highest BCUT2D eigenvalue weighted by Gasteiger charge is 2.53. The molecule has 8 heterocycles. The van der Waals surface area contributed by atoms with E-state index in [1.807, 2.05) is 0 Å². The van der Waals surface area contributed by atoms with Gasteiger partial charge in [0.2, 0.25) is 25.2 Å². The molecule has 0 saturated carbocycles. The maximum absolute atomic E-state index is 14.3. The fourth-order valence-electron chi connectivity index (χ4n) is 14.4. The van der Waals surface area contributed by atoms with Crippen molar-refractivity contribution in [3.63, 3.8) is 0 Å². The topological polar surface area (TPSA) is 592 Å². The number of aliphatic hydroxyl groups excluding tert-OH is 16. The minimum Gasteiger partial charge on any atom is -0.471 e. The zero-order valence-electron chi connectivity index (χ0n) is 63.9. The van der Waals surface area contributed by atoms with Crippen LogP contribution in [0.3, 0.4) is 0 Å². The summed E-state index contributed by atoms with van der Waals surface area (Å²) >= 11 is 0. The van der Waals surface area contributed by atoms with Crippen LogP contribution in [-0.2, 0) is 114 Å². The Hall–Kier alpha value is -7.54. The monoisotopic (exact) mass is 1660 g/mol. The molecule has 4 saturated heterocycles. The van der Waals surface area contributed by atoms with Gasteiger partial charge in [-0.2, -0.15) is 0 Å². The Morgan fingerprint density at radius 3 is 0.905 bits per heavy atom. The van der Waals surface area contributed by atoms with Gasteiger partial charge in [-0.05, 0) is 52.4 Å². The third-order valence-corrected chi connectivity index (χ3v) is 21.2. The lowest BCUT2D eigenvalue weighted by molar-refractivity contribution is -0.339. The number of rotatable bonds is 37. The average Bonchev–Trinajstić information content (AvgIpc) is 0.795. The number of ether oxygens (including phenoxy) is 18. The number of methoxy groups -OCH3 is 2. The molecule has 40 nitrogen and oxygen atoms in total. The highest BCUT2D eigenvalue weighted by Crippen LogP contribution is 2.43. The van der Waals surface area contributed by atoms with E-state index in [2.05, 4.69) is 26.3 Å². The Kier molecular flexibility index (Phi) is 35.6. The molecule has 12 unspecified atom stereocenters. The van der Waals surface area contributed by atoms with Crippen LogP contribution >= 0.6 is 0 Å². The van der Waals surface area contributed by atoms with Gasteiger partial charge in [-0.25, -0.2) is 28.8 Å². The molecule has 116 heavy (non-hydrogen) atoms. The average molecular weight is 1660 g/mol. The zero-order chi connectivity index (χ0) is 85.1. The smallest absolute Gasteiger partial charge is 0.337 e. The van der Waals surface area contributed by atoms with E-state index in [9.17, 15) is 110 Å². The summed E-state index contributed by atoms with van der Waals surface area (Å²) in [5.41, 5.74) is 0.160. The minimum atomic E-state index is -1.89. The van der Waals surface area contributed by atoms with Crippen molar-refractivity contribution in [3.05, 3.63) is 121 Å². The number of esters is 6. The Balaban J connectivity index is 0.902. The molecule has 0 bridgehead atoms. The second kappa shape index (κ2) is 44.0. The van der Waals surface area contributed by atoms with Crippen molar-refractivity contribution in [3.8, 4) is 0 Å². The van der Waals surface area contributed by atoms with Crippen molar-refractivity contribution in [1.82, 2.24) is 0 Å². The van der Waals surface area contributed by atoms with Gasteiger partial charge in [0.1, 0.15) is 97.7 Å². The quantitative estimate of drug-likeness (QED) is 0.0121. The summed E-state index contributed by atoms with van der Waals surface area (Å²) in [7, 11) is 2.22. The number of aliphatic hydroxyl groups is 16. The summed E-state index contributed by atoms with van der Waals surface area (Å²) in [4.78, 5) is 82.0. The van der Waals surface area contributed by atoms with Crippen molar-refractivity contribution < 1.29 is 196 Å². The van der Waals surface area contributed by atoms with Gasteiger partial charge in [0, 0.05) is 59.0 Å². The van der Waals surface area contributed by atoms with E-state index in [0.29, 0.717) is 5.57 Å². The van der Waals surface area contributed by atoms with Crippen LogP contribution in [0.15, 0.2) is 121 Å². The predicted molar refractivity (Wildman–Crippen MR) is 383 cm³/mol. The fourth-order valence-corrected chi connectivity index (χ4v) is 14.4. The van der Waals surface area contributed by atoms with Crippen LogP contribution in [0, 0.1) is 47.3 Å². The molecule has 8 rings (SSSR count). The van der Waals surface area contributed by atoms with Gasteiger partial charge in [0.25, 0.3) is 0 Å². The van der Waals surface area contributed by atoms with Gasteiger partial charge >= 0.3 is 35.8 Å². The van der Waals surface area contributed by atoms with Gasteiger partial charge in [-0.15, -0.1) is 26.3 Å². The van der Waals surface area contributed by atoms with Crippen molar-refractivity contribution >= 4 is 35.8 Å². The molecule has 650 valence electrons. The van der Waals surface area contributed by atoms with Gasteiger partial charge in [0.15, 0.2) is 25.2 Å². The molecule has 0 aromatic heterocycles. The van der Waals surface area contributed by atoms with Crippen LogP contribution < -0.4 is 0 Å². The van der Waals surface area contributed by atoms with Crippen LogP contribution in [0.1, 0.15) is 52.4 Å². The molecular formula is C76H106O40. The highest BCUT2D eigenvalue weighted by atomic mass is 16.8. The summed E-state index contributed by atoms with van der Waals surface area (Å²) in [6.07, 6.45) is -27.9. The van der Waals surface area contributed by atoms with Crippen LogP contribution in [-0.4, -0.2) is 333 Å². The Labute approximate surface area is 665 Å². The van der Waals surface area contributed by atoms with Gasteiger partial charge < -0.3 is 167 Å². The van der Waals surface area contributed by atoms with Crippen LogP contribution in [0.2, 0.25) is 0 Å². The molecule has 40 heteroatoms. The largest absolute Gasteiger partial charge is 0.471 e. The first kappa shape index (κ1) is 94.0. The van der Waals surface area contributed by atoms with Crippen molar-refractivity contribution in [2.75, 3.05) is 67.1 Å². The van der Waals surface area contributed by atoms with Crippen LogP contribution in [0.25, 0.3) is 0 Å². The van der Waals surface area contributed by atoms with E-state index < -0.39 is 271 Å². The van der Waals surface area contributed by atoms with E-state index in [1.165, 1.54) is 43.4 Å². The van der Waals surface area contributed by atoms with Crippen molar-refractivity contribution in [2.24, 2.45) is 47.3 Å². The number of hydrogen-bond acceptors (Lipinski definition) is 40. The maximum Gasteiger partial charge on any atom is 0.337 e. The molecule has 32 atom stereocenters. The minimum absolute atomic E-state index is 0.0558. The van der Waals surface area contributed by atoms with E-state index in [-0.39, 0.29) is 79.6 Å². The lowest BCUT2D eigenvalue weighted by Crippen LogP contribution is -2.60. The van der Waals surface area contributed by atoms with E-state index >= 15 is 0 Å². The number of carbonyl (C=O) groups is 6. The van der Waals surface area contributed by atoms with Crippen LogP contribution in [0.5, 0.6) is 0 Å². The molecule has 0 aromatic rings. The third-order valence-electron chi connectivity index (χ3n) is 21.2. The second-order valence-corrected chi connectivity index (χ2v) is 28.5. The van der Waals surface area contributed by atoms with Gasteiger partial charge in [-0.3, -0.25) is 0 Å². The summed E-state index contributed by atoms with van der Waals surface area (Å²) in [5, 5.41) is 166. The Bertz CT molecular complexity index is 3530.